The van der Waals surface area contributed by atoms with Crippen LogP contribution < -0.4 is 59.7 Å². The summed E-state index contributed by atoms with van der Waals surface area (Å²) in [5.41, 5.74) is 16.6. The zero-order valence-electron chi connectivity index (χ0n) is 42.2. The lowest BCUT2D eigenvalue weighted by molar-refractivity contribution is -0.403. The summed E-state index contributed by atoms with van der Waals surface area (Å²) in [6, 6.07) is 0.479. The molecule has 29 heteroatoms. The lowest BCUT2D eigenvalue weighted by Gasteiger charge is -2.30. The number of hydrogen-bond donors (Lipinski definition) is 18. The monoisotopic (exact) mass is 1080 g/mol. The maximum Gasteiger partial charge on any atom is 0.567 e. The highest BCUT2D eigenvalue weighted by Crippen LogP contribution is 2.45. The van der Waals surface area contributed by atoms with Gasteiger partial charge in [-0.1, -0.05) is 52.0 Å². The molecule has 1 aromatic heterocycles. The van der Waals surface area contributed by atoms with Crippen molar-refractivity contribution in [1.82, 2.24) is 52.5 Å². The van der Waals surface area contributed by atoms with E-state index in [0.29, 0.717) is 16.8 Å². The van der Waals surface area contributed by atoms with Crippen molar-refractivity contribution in [1.29, 1.82) is 0 Å². The van der Waals surface area contributed by atoms with Crippen LogP contribution in [0.1, 0.15) is 64.3 Å². The lowest BCUT2D eigenvalue weighted by atomic mass is 9.98. The number of nitrogens with two attached hydrogens (primary N) is 2. The number of aromatic amines is 1. The molecule has 0 bridgehead atoms. The Morgan fingerprint density at radius 1 is 0.627 bits per heavy atom. The van der Waals surface area contributed by atoms with Crippen molar-refractivity contribution in [2.24, 2.45) is 23.3 Å². The molecule has 0 saturated heterocycles. The molecule has 0 aliphatic heterocycles. The van der Waals surface area contributed by atoms with Gasteiger partial charge >= 0.3 is 14.1 Å². The number of imidazole rings is 1. The Hall–Kier alpha value is -6.88. The van der Waals surface area contributed by atoms with Gasteiger partial charge in [-0.2, -0.15) is 19.2 Å². The second-order valence-corrected chi connectivity index (χ2v) is 19.7. The van der Waals surface area contributed by atoms with Crippen molar-refractivity contribution in [2.75, 3.05) is 13.2 Å². The van der Waals surface area contributed by atoms with Gasteiger partial charge in [0.05, 0.1) is 6.33 Å². The Kier molecular flexibility index (Phi) is 24.9. The van der Waals surface area contributed by atoms with Crippen LogP contribution in [-0.4, -0.2) is 155 Å². The molecule has 1 heterocycles. The maximum absolute atomic E-state index is 14.2. The molecule has 3 aromatic rings. The van der Waals surface area contributed by atoms with Crippen molar-refractivity contribution in [3.05, 3.63) is 77.9 Å². The molecule has 0 radical (unpaired) electrons. The second kappa shape index (κ2) is 29.9. The number of carbonyl (C=O) groups is 8. The largest absolute Gasteiger partial charge is 0.567 e. The minimum absolute atomic E-state index is 0.00783. The molecule has 0 fully saturated rings. The smallest absolute Gasteiger partial charge is 0.508 e. The average molecular weight is 1080 g/mol. The van der Waals surface area contributed by atoms with E-state index < -0.39 is 129 Å². The molecule has 75 heavy (non-hydrogen) atoms. The third kappa shape index (κ3) is 22.2. The zero-order chi connectivity index (χ0) is 56.2. The van der Waals surface area contributed by atoms with Crippen LogP contribution in [0.2, 0.25) is 0 Å². The number of phenols is 2. The predicted molar refractivity (Wildman–Crippen MR) is 268 cm³/mol. The first kappa shape index (κ1) is 62.4. The van der Waals surface area contributed by atoms with E-state index in [-0.39, 0.29) is 50.1 Å². The Morgan fingerprint density at radius 2 is 1.08 bits per heavy atom. The Labute approximate surface area is 432 Å². The molecule has 0 spiro atoms. The van der Waals surface area contributed by atoms with Crippen molar-refractivity contribution in [2.45, 2.75) is 121 Å². The number of H-pyrrole nitrogens is 1. The summed E-state index contributed by atoms with van der Waals surface area (Å²) in [5, 5.41) is 49.2. The fourth-order valence-electron chi connectivity index (χ4n) is 7.15. The van der Waals surface area contributed by atoms with E-state index in [1.54, 1.807) is 26.0 Å². The summed E-state index contributed by atoms with van der Waals surface area (Å²) in [5.74, 6) is -9.20. The van der Waals surface area contributed by atoms with Crippen molar-refractivity contribution in [3.63, 3.8) is 0 Å². The molecule has 0 aliphatic carbocycles. The summed E-state index contributed by atoms with van der Waals surface area (Å²) in [4.78, 5) is 145. The third-order valence-corrected chi connectivity index (χ3v) is 11.9. The highest BCUT2D eigenvalue weighted by Gasteiger charge is 2.40. The fraction of sp³-hybridized carbons (Fsp3) is 0.500. The van der Waals surface area contributed by atoms with E-state index in [4.69, 9.17) is 16.0 Å². The van der Waals surface area contributed by atoms with E-state index in [9.17, 15) is 68.4 Å². The number of nitrogens with one attached hydrogen (secondary N) is 9. The van der Waals surface area contributed by atoms with Crippen LogP contribution in [0.25, 0.3) is 0 Å². The molecule has 7 amide bonds. The Balaban J connectivity index is 1.87. The number of aliphatic carboxylic acids is 1. The number of benzene rings is 2. The number of hydrogen-bond acceptors (Lipinski definition) is 18. The van der Waals surface area contributed by atoms with E-state index in [0.717, 1.165) is 0 Å². The number of aromatic hydroxyl groups is 2. The van der Waals surface area contributed by atoms with Gasteiger partial charge in [-0.25, -0.2) is 4.98 Å². The molecule has 3 rings (SSSR count). The molecular weight excluding hydrogens is 1010 g/mol. The minimum Gasteiger partial charge on any atom is -0.508 e. The molecule has 2 aromatic carbocycles. The van der Waals surface area contributed by atoms with Crippen LogP contribution >= 0.6 is 8.17 Å². The molecule has 0 saturated carbocycles. The van der Waals surface area contributed by atoms with Crippen LogP contribution in [0.4, 0.5) is 0 Å². The first-order chi connectivity index (χ1) is 35.1. The standard InChI is InChI=1S/C46H70N13O15P/c1-23(2)36(43(67)54-32(7-6-16-51-46(48)49)39(63)56-33(40(64)53-25(5)45(69)70)18-27-10-14-30(61)15-11-27)59-44(68)37(24(3)4)58-42(66)35(21-74-75(71,72)73)57-41(65)34(19-28-20-50-22-52-28)55-38(62)31(47)17-26-8-12-29(60)13-9-26/h8-15,20,22-25,31-37,46,51,71-73H,6-7,16-19,21,47-49H2,1-5H3,(H10-,50,52,53,54,55,56,57,58,59,60,61,62,63,64,65,66,67,68,69,70)/p+2/t25-,31-,32-,33-,34-,35-,36-,37-/m0/s1. The number of carboxylic acid groups (broad SMARTS) is 1. The summed E-state index contributed by atoms with van der Waals surface area (Å²) in [7, 11) is -5.04. The van der Waals surface area contributed by atoms with Crippen LogP contribution in [0.3, 0.4) is 0 Å². The molecule has 0 aliphatic rings. The van der Waals surface area contributed by atoms with Crippen LogP contribution in [-0.2, 0) is 62.1 Å². The topological polar surface area (TPSA) is 472 Å². The second-order valence-electron chi connectivity index (χ2n) is 18.4. The summed E-state index contributed by atoms with van der Waals surface area (Å²) >= 11 is 0. The molecule has 0 unspecified atom stereocenters. The van der Waals surface area contributed by atoms with Crippen molar-refractivity contribution < 1.29 is 78.6 Å². The van der Waals surface area contributed by atoms with Crippen molar-refractivity contribution >= 4 is 55.5 Å². The normalized spacial score (nSPS) is 14.8. The van der Waals surface area contributed by atoms with E-state index in [1.165, 1.54) is 69.7 Å². The van der Waals surface area contributed by atoms with Gasteiger partial charge in [0.15, 0.2) is 6.04 Å². The van der Waals surface area contributed by atoms with Gasteiger partial charge in [-0.3, -0.25) is 43.7 Å². The minimum atomic E-state index is -5.04. The van der Waals surface area contributed by atoms with Crippen LogP contribution in [0.5, 0.6) is 11.5 Å². The van der Waals surface area contributed by atoms with Gasteiger partial charge in [0.2, 0.25) is 35.4 Å². The van der Waals surface area contributed by atoms with Crippen LogP contribution in [0, 0.1) is 11.8 Å². The van der Waals surface area contributed by atoms with Gasteiger partial charge in [0.25, 0.3) is 5.91 Å². The van der Waals surface area contributed by atoms with Crippen molar-refractivity contribution in [3.8, 4) is 11.5 Å². The molecular formula is C46H72N13O15P+2. The number of rotatable bonds is 31. The summed E-state index contributed by atoms with van der Waals surface area (Å²) in [6.07, 6.45) is 1.65. The van der Waals surface area contributed by atoms with Crippen LogP contribution in [0.15, 0.2) is 61.1 Å². The molecule has 414 valence electrons. The zero-order valence-corrected chi connectivity index (χ0v) is 43.1. The number of aromatic nitrogens is 2. The summed E-state index contributed by atoms with van der Waals surface area (Å²) in [6.45, 7) is 6.57. The Bertz CT molecular complexity index is 2360. The first-order valence-corrected chi connectivity index (χ1v) is 25.4. The number of carboxylic acids is 1. The van der Waals surface area contributed by atoms with E-state index in [2.05, 4.69) is 58.2 Å². The van der Waals surface area contributed by atoms with Gasteiger partial charge in [0, 0.05) is 31.2 Å². The first-order valence-electron chi connectivity index (χ1n) is 23.8. The number of nitrogens with zero attached hydrogens (tertiary/aromatic N) is 1. The SMILES string of the molecule is CC(C)[C@H](NC(=O)[C@H](CO[P+](O)(O)O)NC(=O)[C@H](Cc1cnc[nH]1)NC(=O)[C@@H]([NH3+])Cc1ccc(O)cc1)C(=O)N[C@H](C(=O)N[C@@H](CCCNC(N)N)C(=O)N[C@@H](Cc1ccc(O)cc1)C(=O)N[C@@H](C)C(=O)O)C(C)C. The quantitative estimate of drug-likeness (QED) is 0.0164. The fourth-order valence-corrected chi connectivity index (χ4v) is 7.50. The molecule has 28 nitrogen and oxygen atoms in total. The van der Waals surface area contributed by atoms with E-state index in [1.807, 2.05) is 0 Å². The average Bonchev–Trinajstić information content (AvgIpc) is 3.85. The number of quaternary nitrogens is 1. The van der Waals surface area contributed by atoms with Gasteiger partial charge in [-0.05, 0) is 73.5 Å². The van der Waals surface area contributed by atoms with Gasteiger partial charge in [-0.15, -0.1) is 0 Å². The highest BCUT2D eigenvalue weighted by molar-refractivity contribution is 7.53. The third-order valence-electron chi connectivity index (χ3n) is 11.4. The molecule has 8 atom stereocenters. The number of amides is 7. The van der Waals surface area contributed by atoms with Gasteiger partial charge < -0.3 is 74.7 Å². The predicted octanol–water partition coefficient (Wildman–Crippen LogP) is -4.49. The maximum atomic E-state index is 14.2. The number of phenolic OH excluding ortho intramolecular Hbond substituents is 2. The highest BCUT2D eigenvalue weighted by atomic mass is 31.2. The summed E-state index contributed by atoms with van der Waals surface area (Å²) < 4.78 is 4.74. The Morgan fingerprint density at radius 3 is 1.59 bits per heavy atom. The lowest BCUT2D eigenvalue weighted by Crippen LogP contribution is -2.70. The van der Waals surface area contributed by atoms with E-state index >= 15 is 0 Å². The molecule has 22 N–H and O–H groups in total. The van der Waals surface area contributed by atoms with Gasteiger partial charge in [0.1, 0.15) is 66.7 Å². The number of carbonyl (C=O) groups excluding carboxylic acids is 7.